The molecule has 0 aromatic carbocycles. The topological polar surface area (TPSA) is 72.8 Å². The maximum absolute atomic E-state index is 11.5. The molecule has 6 nitrogen and oxygen atoms in total. The van der Waals surface area contributed by atoms with E-state index in [1.165, 1.54) is 0 Å². The fourth-order valence-corrected chi connectivity index (χ4v) is 2.13. The minimum absolute atomic E-state index is 0.0452. The van der Waals surface area contributed by atoms with Crippen LogP contribution in [0.15, 0.2) is 34.2 Å². The summed E-state index contributed by atoms with van der Waals surface area (Å²) in [7, 11) is 0. The van der Waals surface area contributed by atoms with Gasteiger partial charge in [-0.15, -0.1) is 0 Å². The Morgan fingerprint density at radius 2 is 2.10 bits per heavy atom. The number of nitrogens with zero attached hydrogens (tertiary/aromatic N) is 3. The SMILES string of the molecule is NC(=NCCCCn1ccccc1=O)N1CCOCC1. The Bertz CT molecular complexity index is 492. The second kappa shape index (κ2) is 7.69. The van der Waals surface area contributed by atoms with Gasteiger partial charge in [-0.2, -0.15) is 0 Å². The second-order valence-electron chi connectivity index (χ2n) is 4.78. The van der Waals surface area contributed by atoms with Crippen LogP contribution in [0.5, 0.6) is 0 Å². The monoisotopic (exact) mass is 278 g/mol. The molecule has 2 rings (SSSR count). The average Bonchev–Trinajstić information content (AvgIpc) is 2.49. The van der Waals surface area contributed by atoms with Crippen molar-refractivity contribution in [3.63, 3.8) is 0 Å². The number of rotatable bonds is 5. The van der Waals surface area contributed by atoms with E-state index in [2.05, 4.69) is 4.99 Å². The molecule has 1 aliphatic rings. The molecule has 6 heteroatoms. The summed E-state index contributed by atoms with van der Waals surface area (Å²) in [6.45, 7) is 4.49. The number of unbranched alkanes of at least 4 members (excludes halogenated alkanes) is 1. The first-order valence-electron chi connectivity index (χ1n) is 7.05. The third kappa shape index (κ3) is 4.38. The van der Waals surface area contributed by atoms with Crippen LogP contribution in [0.4, 0.5) is 0 Å². The summed E-state index contributed by atoms with van der Waals surface area (Å²) in [5, 5.41) is 0. The lowest BCUT2D eigenvalue weighted by Gasteiger charge is -2.27. The van der Waals surface area contributed by atoms with Crippen LogP contribution in [0.2, 0.25) is 0 Å². The number of aryl methyl sites for hydroxylation is 1. The van der Waals surface area contributed by atoms with Crippen LogP contribution < -0.4 is 11.3 Å². The van der Waals surface area contributed by atoms with Crippen molar-refractivity contribution in [1.82, 2.24) is 9.47 Å². The zero-order valence-electron chi connectivity index (χ0n) is 11.7. The summed E-state index contributed by atoms with van der Waals surface area (Å²) in [4.78, 5) is 17.9. The lowest BCUT2D eigenvalue weighted by Crippen LogP contribution is -2.44. The average molecular weight is 278 g/mol. The van der Waals surface area contributed by atoms with Crippen molar-refractivity contribution in [3.8, 4) is 0 Å². The molecule has 1 aliphatic heterocycles. The van der Waals surface area contributed by atoms with Gasteiger partial charge < -0.3 is 19.9 Å². The number of nitrogens with two attached hydrogens (primary N) is 1. The molecule has 0 radical (unpaired) electrons. The third-order valence-electron chi connectivity index (χ3n) is 3.32. The molecule has 20 heavy (non-hydrogen) atoms. The molecular weight excluding hydrogens is 256 g/mol. The van der Waals surface area contributed by atoms with E-state index in [0.29, 0.717) is 25.7 Å². The first-order valence-corrected chi connectivity index (χ1v) is 7.05. The standard InChI is InChI=1S/C14H22N4O2/c15-14(18-9-11-20-12-10-18)16-6-2-4-8-17-7-3-1-5-13(17)19/h1,3,5,7H,2,4,6,8-12H2,(H2,15,16). The van der Waals surface area contributed by atoms with E-state index in [4.69, 9.17) is 10.5 Å². The lowest BCUT2D eigenvalue weighted by molar-refractivity contribution is 0.0674. The molecule has 0 bridgehead atoms. The van der Waals surface area contributed by atoms with Gasteiger partial charge in [0.25, 0.3) is 0 Å². The van der Waals surface area contributed by atoms with Gasteiger partial charge in [0.1, 0.15) is 0 Å². The van der Waals surface area contributed by atoms with Gasteiger partial charge >= 0.3 is 0 Å². The van der Waals surface area contributed by atoms with Crippen LogP contribution in [0.3, 0.4) is 0 Å². The first-order chi connectivity index (χ1) is 9.77. The molecule has 1 aromatic heterocycles. The van der Waals surface area contributed by atoms with Crippen molar-refractivity contribution in [2.45, 2.75) is 19.4 Å². The summed E-state index contributed by atoms with van der Waals surface area (Å²) < 4.78 is 6.99. The number of ether oxygens (including phenoxy) is 1. The number of guanidine groups is 1. The van der Waals surface area contributed by atoms with E-state index in [9.17, 15) is 4.79 Å². The highest BCUT2D eigenvalue weighted by Crippen LogP contribution is 1.98. The summed E-state index contributed by atoms with van der Waals surface area (Å²) >= 11 is 0. The number of hydrogen-bond acceptors (Lipinski definition) is 3. The molecule has 0 unspecified atom stereocenters. The Balaban J connectivity index is 1.68. The number of aliphatic imine (C=N–C) groups is 1. The Kier molecular flexibility index (Phi) is 5.61. The molecular formula is C14H22N4O2. The van der Waals surface area contributed by atoms with Gasteiger partial charge in [0.05, 0.1) is 13.2 Å². The fraction of sp³-hybridized carbons (Fsp3) is 0.571. The maximum atomic E-state index is 11.5. The van der Waals surface area contributed by atoms with Crippen molar-refractivity contribution in [2.24, 2.45) is 10.7 Å². The first kappa shape index (κ1) is 14.6. The predicted molar refractivity (Wildman–Crippen MR) is 78.8 cm³/mol. The number of morpholine rings is 1. The zero-order chi connectivity index (χ0) is 14.2. The van der Waals surface area contributed by atoms with Crippen LogP contribution in [-0.4, -0.2) is 48.3 Å². The Hall–Kier alpha value is -1.82. The van der Waals surface area contributed by atoms with E-state index in [-0.39, 0.29) is 5.56 Å². The molecule has 0 spiro atoms. The smallest absolute Gasteiger partial charge is 0.250 e. The van der Waals surface area contributed by atoms with Gasteiger partial charge in [-0.05, 0) is 18.9 Å². The molecule has 2 heterocycles. The molecule has 110 valence electrons. The summed E-state index contributed by atoms with van der Waals surface area (Å²) in [6.07, 6.45) is 3.66. The quantitative estimate of drug-likeness (QED) is 0.477. The highest BCUT2D eigenvalue weighted by atomic mass is 16.5. The van der Waals surface area contributed by atoms with Crippen molar-refractivity contribution >= 4 is 5.96 Å². The van der Waals surface area contributed by atoms with Gasteiger partial charge in [0.2, 0.25) is 5.56 Å². The van der Waals surface area contributed by atoms with Crippen molar-refractivity contribution in [2.75, 3.05) is 32.8 Å². The molecule has 0 aliphatic carbocycles. The van der Waals surface area contributed by atoms with Crippen LogP contribution in [0, 0.1) is 0 Å². The van der Waals surface area contributed by atoms with Gasteiger partial charge in [-0.1, -0.05) is 6.07 Å². The van der Waals surface area contributed by atoms with E-state index in [0.717, 1.165) is 32.5 Å². The normalized spacial score (nSPS) is 16.4. The Morgan fingerprint density at radius 1 is 1.30 bits per heavy atom. The Labute approximate surface area is 118 Å². The van der Waals surface area contributed by atoms with E-state index >= 15 is 0 Å². The van der Waals surface area contributed by atoms with Crippen LogP contribution >= 0.6 is 0 Å². The Morgan fingerprint density at radius 3 is 2.85 bits per heavy atom. The zero-order valence-corrected chi connectivity index (χ0v) is 11.7. The van der Waals surface area contributed by atoms with Crippen molar-refractivity contribution < 1.29 is 4.74 Å². The lowest BCUT2D eigenvalue weighted by atomic mass is 10.3. The highest BCUT2D eigenvalue weighted by Gasteiger charge is 2.11. The summed E-state index contributed by atoms with van der Waals surface area (Å²) in [6, 6.07) is 5.21. The molecule has 2 N–H and O–H groups in total. The maximum Gasteiger partial charge on any atom is 0.250 e. The molecule has 0 saturated carbocycles. The minimum atomic E-state index is 0.0452. The van der Waals surface area contributed by atoms with Crippen LogP contribution in [0.1, 0.15) is 12.8 Å². The fourth-order valence-electron chi connectivity index (χ4n) is 2.13. The minimum Gasteiger partial charge on any atom is -0.378 e. The van der Waals surface area contributed by atoms with Gasteiger partial charge in [0.15, 0.2) is 5.96 Å². The van der Waals surface area contributed by atoms with E-state index < -0.39 is 0 Å². The van der Waals surface area contributed by atoms with Gasteiger partial charge in [0, 0.05) is 38.4 Å². The molecule has 1 aromatic rings. The number of aromatic nitrogens is 1. The molecule has 1 fully saturated rings. The molecule has 1 saturated heterocycles. The van der Waals surface area contributed by atoms with Crippen molar-refractivity contribution in [1.29, 1.82) is 0 Å². The third-order valence-corrected chi connectivity index (χ3v) is 3.32. The molecule has 0 amide bonds. The predicted octanol–water partition coefficient (Wildman–Crippen LogP) is 0.275. The van der Waals surface area contributed by atoms with E-state index in [1.54, 1.807) is 16.7 Å². The second-order valence-corrected chi connectivity index (χ2v) is 4.78. The van der Waals surface area contributed by atoms with Crippen LogP contribution in [0.25, 0.3) is 0 Å². The highest BCUT2D eigenvalue weighted by molar-refractivity contribution is 5.78. The van der Waals surface area contributed by atoms with E-state index in [1.807, 2.05) is 17.2 Å². The largest absolute Gasteiger partial charge is 0.378 e. The summed E-state index contributed by atoms with van der Waals surface area (Å²) in [5.41, 5.74) is 5.98. The van der Waals surface area contributed by atoms with Gasteiger partial charge in [-0.3, -0.25) is 9.79 Å². The molecule has 0 atom stereocenters. The van der Waals surface area contributed by atoms with Gasteiger partial charge in [-0.25, -0.2) is 0 Å². The number of hydrogen-bond donors (Lipinski definition) is 1. The number of pyridine rings is 1. The van der Waals surface area contributed by atoms with Crippen molar-refractivity contribution in [3.05, 3.63) is 34.7 Å². The van der Waals surface area contributed by atoms with Crippen LogP contribution in [-0.2, 0) is 11.3 Å². The summed E-state index contributed by atoms with van der Waals surface area (Å²) in [5.74, 6) is 0.602.